The zero-order valence-corrected chi connectivity index (χ0v) is 18.2. The van der Waals surface area contributed by atoms with Gasteiger partial charge in [0.2, 0.25) is 5.91 Å². The molecule has 7 nitrogen and oxygen atoms in total. The molecule has 33 heavy (non-hydrogen) atoms. The number of nitrogens with zero attached hydrogens (tertiary/aromatic N) is 1. The molecule has 0 aromatic heterocycles. The topological polar surface area (TPSA) is 98.5 Å². The summed E-state index contributed by atoms with van der Waals surface area (Å²) in [4.78, 5) is 36.0. The normalized spacial score (nSPS) is 13.0. The molecule has 0 saturated carbocycles. The van der Waals surface area contributed by atoms with Gasteiger partial charge in [0, 0.05) is 30.9 Å². The number of hydrogen-bond acceptors (Lipinski definition) is 5. The number of carbonyl (C=O) groups excluding carboxylic acids is 2. The summed E-state index contributed by atoms with van der Waals surface area (Å²) in [6.07, 6.45) is 0.380. The molecule has 7 heteroatoms. The third kappa shape index (κ3) is 4.77. The van der Waals surface area contributed by atoms with Crippen molar-refractivity contribution in [2.24, 2.45) is 0 Å². The lowest BCUT2D eigenvalue weighted by atomic mass is 9.93. The molecule has 0 heterocycles. The molecule has 0 spiro atoms. The number of nitro groups is 1. The van der Waals surface area contributed by atoms with Gasteiger partial charge in [-0.1, -0.05) is 60.7 Å². The van der Waals surface area contributed by atoms with Gasteiger partial charge in [-0.3, -0.25) is 14.9 Å². The molecule has 0 unspecified atom stereocenters. The van der Waals surface area contributed by atoms with E-state index in [1.807, 2.05) is 36.4 Å². The molecular formula is C26H24N2O5. The van der Waals surface area contributed by atoms with Crippen molar-refractivity contribution < 1.29 is 19.2 Å². The Kier molecular flexibility index (Phi) is 6.49. The second-order valence-corrected chi connectivity index (χ2v) is 7.93. The van der Waals surface area contributed by atoms with Gasteiger partial charge in [0.1, 0.15) is 6.04 Å². The van der Waals surface area contributed by atoms with Gasteiger partial charge in [-0.25, -0.2) is 4.79 Å². The van der Waals surface area contributed by atoms with Gasteiger partial charge < -0.3 is 10.1 Å². The average molecular weight is 444 g/mol. The molecule has 1 atom stereocenters. The Balaban J connectivity index is 1.51. The number of ether oxygens (including phenoxy) is 1. The van der Waals surface area contributed by atoms with Crippen molar-refractivity contribution in [3.63, 3.8) is 0 Å². The van der Waals surface area contributed by atoms with Crippen LogP contribution in [0.1, 0.15) is 36.0 Å². The van der Waals surface area contributed by atoms with Gasteiger partial charge >= 0.3 is 5.97 Å². The van der Waals surface area contributed by atoms with Crippen LogP contribution < -0.4 is 5.32 Å². The average Bonchev–Trinajstić information content (AvgIpc) is 3.13. The molecule has 3 aromatic rings. The lowest BCUT2D eigenvalue weighted by molar-refractivity contribution is -0.384. The van der Waals surface area contributed by atoms with E-state index in [4.69, 9.17) is 4.74 Å². The fourth-order valence-electron chi connectivity index (χ4n) is 4.34. The van der Waals surface area contributed by atoms with Crippen LogP contribution in [0.5, 0.6) is 0 Å². The van der Waals surface area contributed by atoms with Crippen molar-refractivity contribution in [1.29, 1.82) is 0 Å². The largest absolute Gasteiger partial charge is 0.464 e. The summed E-state index contributed by atoms with van der Waals surface area (Å²) in [6.45, 7) is 1.89. The predicted octanol–water partition coefficient (Wildman–Crippen LogP) is 4.39. The molecule has 1 aliphatic carbocycles. The van der Waals surface area contributed by atoms with E-state index in [9.17, 15) is 19.7 Å². The molecule has 168 valence electrons. The molecule has 0 radical (unpaired) electrons. The van der Waals surface area contributed by atoms with Gasteiger partial charge in [-0.15, -0.1) is 0 Å². The van der Waals surface area contributed by atoms with Gasteiger partial charge in [-0.05, 0) is 34.7 Å². The highest BCUT2D eigenvalue weighted by Gasteiger charge is 2.31. The van der Waals surface area contributed by atoms with Gasteiger partial charge in [0.25, 0.3) is 5.69 Å². The van der Waals surface area contributed by atoms with E-state index in [2.05, 4.69) is 17.4 Å². The molecule has 1 amide bonds. The summed E-state index contributed by atoms with van der Waals surface area (Å²) in [7, 11) is 0. The van der Waals surface area contributed by atoms with Crippen molar-refractivity contribution in [1.82, 2.24) is 5.32 Å². The summed E-state index contributed by atoms with van der Waals surface area (Å²) in [5.74, 6) is -0.887. The van der Waals surface area contributed by atoms with E-state index in [1.54, 1.807) is 19.1 Å². The van der Waals surface area contributed by atoms with Gasteiger partial charge in [0.15, 0.2) is 0 Å². The van der Waals surface area contributed by atoms with E-state index >= 15 is 0 Å². The van der Waals surface area contributed by atoms with Crippen molar-refractivity contribution in [3.05, 3.63) is 99.6 Å². The molecule has 3 aromatic carbocycles. The fraction of sp³-hybridized carbons (Fsp3) is 0.231. The second-order valence-electron chi connectivity index (χ2n) is 7.93. The third-order valence-electron chi connectivity index (χ3n) is 5.85. The number of benzene rings is 3. The standard InChI is InChI=1S/C26H24N2O5/c1-2-33-26(30)24(15-17-11-13-18(14-12-17)28(31)32)27-25(29)16-23-21-9-5-3-7-19(21)20-8-4-6-10-22(20)23/h3-14,23-24H,2,15-16H2,1H3,(H,27,29)/t24-/m0/s1. The first kappa shape index (κ1) is 22.2. The lowest BCUT2D eigenvalue weighted by Gasteiger charge is -2.19. The quantitative estimate of drug-likeness (QED) is 0.316. The highest BCUT2D eigenvalue weighted by atomic mass is 16.6. The monoisotopic (exact) mass is 444 g/mol. The highest BCUT2D eigenvalue weighted by Crippen LogP contribution is 2.45. The minimum atomic E-state index is -0.884. The maximum Gasteiger partial charge on any atom is 0.328 e. The molecule has 1 aliphatic rings. The fourth-order valence-corrected chi connectivity index (χ4v) is 4.34. The zero-order chi connectivity index (χ0) is 23.4. The Morgan fingerprint density at radius 1 is 0.970 bits per heavy atom. The number of nitrogens with one attached hydrogen (secondary N) is 1. The van der Waals surface area contributed by atoms with E-state index in [0.717, 1.165) is 22.3 Å². The summed E-state index contributed by atoms with van der Waals surface area (Å²) >= 11 is 0. The Bertz CT molecular complexity index is 1140. The minimum absolute atomic E-state index is 0.0333. The highest BCUT2D eigenvalue weighted by molar-refractivity contribution is 5.87. The van der Waals surface area contributed by atoms with Crippen LogP contribution in [0.25, 0.3) is 11.1 Å². The van der Waals surface area contributed by atoms with E-state index < -0.39 is 16.9 Å². The molecule has 1 N–H and O–H groups in total. The van der Waals surface area contributed by atoms with Crippen LogP contribution in [0, 0.1) is 10.1 Å². The van der Waals surface area contributed by atoms with Crippen LogP contribution in [-0.2, 0) is 20.7 Å². The Morgan fingerprint density at radius 3 is 2.09 bits per heavy atom. The number of amides is 1. The first-order valence-electron chi connectivity index (χ1n) is 10.9. The summed E-state index contributed by atoms with van der Waals surface area (Å²) in [5, 5.41) is 13.7. The van der Waals surface area contributed by atoms with Crippen LogP contribution in [0.2, 0.25) is 0 Å². The maximum absolute atomic E-state index is 13.1. The number of rotatable bonds is 8. The SMILES string of the molecule is CCOC(=O)[C@H](Cc1ccc([N+](=O)[O-])cc1)NC(=O)CC1c2ccccc2-c2ccccc21. The van der Waals surface area contributed by atoms with Crippen LogP contribution in [-0.4, -0.2) is 29.4 Å². The molecule has 0 saturated heterocycles. The predicted molar refractivity (Wildman–Crippen MR) is 124 cm³/mol. The molecule has 0 bridgehead atoms. The first-order valence-corrected chi connectivity index (χ1v) is 10.9. The molecule has 0 aliphatic heterocycles. The number of fused-ring (bicyclic) bond motifs is 3. The zero-order valence-electron chi connectivity index (χ0n) is 18.2. The van der Waals surface area contributed by atoms with Crippen molar-refractivity contribution in [2.45, 2.75) is 31.7 Å². The van der Waals surface area contributed by atoms with Gasteiger partial charge in [-0.2, -0.15) is 0 Å². The molecule has 4 rings (SSSR count). The third-order valence-corrected chi connectivity index (χ3v) is 5.85. The minimum Gasteiger partial charge on any atom is -0.464 e. The van der Waals surface area contributed by atoms with E-state index in [1.165, 1.54) is 12.1 Å². The van der Waals surface area contributed by atoms with Crippen molar-refractivity contribution >= 4 is 17.6 Å². The van der Waals surface area contributed by atoms with Crippen LogP contribution in [0.15, 0.2) is 72.8 Å². The Labute approximate surface area is 191 Å². The number of nitro benzene ring substituents is 1. The smallest absolute Gasteiger partial charge is 0.328 e. The number of non-ortho nitro benzene ring substituents is 1. The number of esters is 1. The maximum atomic E-state index is 13.1. The summed E-state index contributed by atoms with van der Waals surface area (Å²) < 4.78 is 5.16. The van der Waals surface area contributed by atoms with Crippen molar-refractivity contribution in [2.75, 3.05) is 6.61 Å². The Hall–Kier alpha value is -4.00. The summed E-state index contributed by atoms with van der Waals surface area (Å²) in [5.41, 5.74) is 5.09. The van der Waals surface area contributed by atoms with Crippen LogP contribution >= 0.6 is 0 Å². The lowest BCUT2D eigenvalue weighted by Crippen LogP contribution is -2.43. The van der Waals surface area contributed by atoms with Crippen molar-refractivity contribution in [3.8, 4) is 11.1 Å². The Morgan fingerprint density at radius 2 is 1.55 bits per heavy atom. The number of carbonyl (C=O) groups is 2. The van der Waals surface area contributed by atoms with Crippen LogP contribution in [0.3, 0.4) is 0 Å². The van der Waals surface area contributed by atoms with Crippen LogP contribution in [0.4, 0.5) is 5.69 Å². The summed E-state index contributed by atoms with van der Waals surface area (Å²) in [6, 6.07) is 21.1. The van der Waals surface area contributed by atoms with E-state index in [0.29, 0.717) is 5.56 Å². The first-order chi connectivity index (χ1) is 16.0. The van der Waals surface area contributed by atoms with Gasteiger partial charge in [0.05, 0.1) is 11.5 Å². The molecular weight excluding hydrogens is 420 g/mol. The molecule has 0 fully saturated rings. The number of hydrogen-bond donors (Lipinski definition) is 1. The van der Waals surface area contributed by atoms with E-state index in [-0.39, 0.29) is 37.0 Å². The second kappa shape index (κ2) is 9.65.